The number of nitrogens with zero attached hydrogens (tertiary/aromatic N) is 1. The van der Waals surface area contributed by atoms with Crippen molar-refractivity contribution in [2.24, 2.45) is 0 Å². The van der Waals surface area contributed by atoms with Crippen molar-refractivity contribution < 1.29 is 13.9 Å². The van der Waals surface area contributed by atoms with Crippen molar-refractivity contribution in [3.8, 4) is 5.75 Å². The number of methoxy groups -OCH3 is 1. The van der Waals surface area contributed by atoms with Crippen LogP contribution in [0, 0.1) is 5.82 Å². The van der Waals surface area contributed by atoms with Crippen LogP contribution in [-0.2, 0) is 11.2 Å². The van der Waals surface area contributed by atoms with Crippen molar-refractivity contribution >= 4 is 5.91 Å². The van der Waals surface area contributed by atoms with Crippen LogP contribution in [-0.4, -0.2) is 44.1 Å². The average Bonchev–Trinajstić information content (AvgIpc) is 2.47. The Labute approximate surface area is 118 Å². The maximum atomic E-state index is 13.6. The van der Waals surface area contributed by atoms with E-state index in [9.17, 15) is 9.18 Å². The topological polar surface area (TPSA) is 41.6 Å². The molecule has 1 N–H and O–H groups in total. The molecule has 4 nitrogen and oxygen atoms in total. The van der Waals surface area contributed by atoms with Gasteiger partial charge in [-0.05, 0) is 37.6 Å². The first-order chi connectivity index (χ1) is 9.63. The number of halogens is 1. The Morgan fingerprint density at radius 2 is 2.15 bits per heavy atom. The summed E-state index contributed by atoms with van der Waals surface area (Å²) in [7, 11) is 3.37. The van der Waals surface area contributed by atoms with Crippen LogP contribution in [0.1, 0.15) is 18.4 Å². The standard InChI is InChI=1S/C15H21FN2O2/c1-17-12-5-7-18(8-6-12)15(19)10-11-3-4-14(20-2)13(16)9-11/h3-4,9,12,17H,5-8,10H2,1-2H3. The number of hydrogen-bond donors (Lipinski definition) is 1. The molecule has 0 aliphatic carbocycles. The molecule has 1 fully saturated rings. The monoisotopic (exact) mass is 280 g/mol. The summed E-state index contributed by atoms with van der Waals surface area (Å²) in [5, 5.41) is 3.23. The zero-order chi connectivity index (χ0) is 14.5. The summed E-state index contributed by atoms with van der Waals surface area (Å²) in [5.41, 5.74) is 0.684. The van der Waals surface area contributed by atoms with Crippen LogP contribution in [0.4, 0.5) is 4.39 Å². The molecule has 1 aromatic carbocycles. The number of rotatable bonds is 4. The number of piperidine rings is 1. The Hall–Kier alpha value is -1.62. The molecule has 0 unspecified atom stereocenters. The van der Waals surface area contributed by atoms with Gasteiger partial charge in [-0.2, -0.15) is 0 Å². The smallest absolute Gasteiger partial charge is 0.226 e. The highest BCUT2D eigenvalue weighted by molar-refractivity contribution is 5.78. The first-order valence-electron chi connectivity index (χ1n) is 6.91. The number of nitrogens with one attached hydrogen (secondary N) is 1. The minimum atomic E-state index is -0.424. The summed E-state index contributed by atoms with van der Waals surface area (Å²) >= 11 is 0. The van der Waals surface area contributed by atoms with Crippen LogP contribution in [0.5, 0.6) is 5.75 Å². The second-order valence-corrected chi connectivity index (χ2v) is 5.09. The van der Waals surface area contributed by atoms with Gasteiger partial charge in [-0.1, -0.05) is 6.07 Å². The molecule has 1 amide bonds. The lowest BCUT2D eigenvalue weighted by atomic mass is 10.0. The molecule has 0 atom stereocenters. The third-order valence-corrected chi connectivity index (χ3v) is 3.83. The number of carbonyl (C=O) groups is 1. The number of benzene rings is 1. The summed E-state index contributed by atoms with van der Waals surface area (Å²) < 4.78 is 18.5. The number of likely N-dealkylation sites (tertiary alicyclic amines) is 1. The van der Waals surface area contributed by atoms with Crippen molar-refractivity contribution in [1.82, 2.24) is 10.2 Å². The average molecular weight is 280 g/mol. The van der Waals surface area contributed by atoms with Crippen molar-refractivity contribution in [3.05, 3.63) is 29.6 Å². The predicted octanol–water partition coefficient (Wildman–Crippen LogP) is 1.59. The van der Waals surface area contributed by atoms with E-state index in [1.54, 1.807) is 12.1 Å². The normalized spacial score (nSPS) is 16.2. The molecule has 0 aromatic heterocycles. The largest absolute Gasteiger partial charge is 0.494 e. The zero-order valence-electron chi connectivity index (χ0n) is 12.0. The van der Waals surface area contributed by atoms with E-state index in [0.29, 0.717) is 11.6 Å². The van der Waals surface area contributed by atoms with Crippen molar-refractivity contribution in [1.29, 1.82) is 0 Å². The molecule has 0 bridgehead atoms. The van der Waals surface area contributed by atoms with Gasteiger partial charge < -0.3 is 15.0 Å². The van der Waals surface area contributed by atoms with E-state index in [-0.39, 0.29) is 18.1 Å². The van der Waals surface area contributed by atoms with Gasteiger partial charge in [-0.15, -0.1) is 0 Å². The van der Waals surface area contributed by atoms with Crippen LogP contribution in [0.25, 0.3) is 0 Å². The third kappa shape index (κ3) is 3.48. The second kappa shape index (κ2) is 6.70. The van der Waals surface area contributed by atoms with Gasteiger partial charge in [-0.3, -0.25) is 4.79 Å². The first kappa shape index (κ1) is 14.8. The molecular weight excluding hydrogens is 259 g/mol. The van der Waals surface area contributed by atoms with E-state index in [4.69, 9.17) is 4.74 Å². The zero-order valence-corrected chi connectivity index (χ0v) is 12.0. The van der Waals surface area contributed by atoms with Gasteiger partial charge in [0.05, 0.1) is 13.5 Å². The maximum absolute atomic E-state index is 13.6. The van der Waals surface area contributed by atoms with E-state index >= 15 is 0 Å². The summed E-state index contributed by atoms with van der Waals surface area (Å²) in [6, 6.07) is 5.17. The Bertz CT molecular complexity index is 471. The minimum absolute atomic E-state index is 0.0594. The Kier molecular flexibility index (Phi) is 4.95. The predicted molar refractivity (Wildman–Crippen MR) is 75.3 cm³/mol. The molecule has 1 aliphatic rings. The number of carbonyl (C=O) groups excluding carboxylic acids is 1. The molecule has 0 spiro atoms. The van der Waals surface area contributed by atoms with E-state index in [2.05, 4.69) is 5.32 Å². The van der Waals surface area contributed by atoms with Gasteiger partial charge in [0.1, 0.15) is 0 Å². The number of hydrogen-bond acceptors (Lipinski definition) is 3. The minimum Gasteiger partial charge on any atom is -0.494 e. The molecule has 110 valence electrons. The van der Waals surface area contributed by atoms with Gasteiger partial charge >= 0.3 is 0 Å². The Morgan fingerprint density at radius 3 is 2.70 bits per heavy atom. The summed E-state index contributed by atoms with van der Waals surface area (Å²) in [4.78, 5) is 14.0. The highest BCUT2D eigenvalue weighted by Gasteiger charge is 2.21. The van der Waals surface area contributed by atoms with Crippen molar-refractivity contribution in [2.45, 2.75) is 25.3 Å². The number of amides is 1. The SMILES string of the molecule is CNC1CCN(C(=O)Cc2ccc(OC)c(F)c2)CC1. The third-order valence-electron chi connectivity index (χ3n) is 3.83. The highest BCUT2D eigenvalue weighted by Crippen LogP contribution is 2.19. The van der Waals surface area contributed by atoms with E-state index in [1.807, 2.05) is 11.9 Å². The summed E-state index contributed by atoms with van der Waals surface area (Å²) in [6.45, 7) is 1.53. The van der Waals surface area contributed by atoms with Gasteiger partial charge in [0.25, 0.3) is 0 Å². The summed E-state index contributed by atoms with van der Waals surface area (Å²) in [6.07, 6.45) is 2.18. The lowest BCUT2D eigenvalue weighted by Crippen LogP contribution is -2.44. The maximum Gasteiger partial charge on any atom is 0.226 e. The van der Waals surface area contributed by atoms with Crippen LogP contribution in [0.15, 0.2) is 18.2 Å². The summed E-state index contributed by atoms with van der Waals surface area (Å²) in [5.74, 6) is -0.160. The molecule has 0 saturated carbocycles. The molecule has 5 heteroatoms. The molecule has 1 aromatic rings. The van der Waals surface area contributed by atoms with E-state index in [0.717, 1.165) is 25.9 Å². The first-order valence-corrected chi connectivity index (χ1v) is 6.91. The van der Waals surface area contributed by atoms with Crippen LogP contribution >= 0.6 is 0 Å². The van der Waals surface area contributed by atoms with Gasteiger partial charge in [0.15, 0.2) is 11.6 Å². The molecule has 2 rings (SSSR count). The lowest BCUT2D eigenvalue weighted by molar-refractivity contribution is -0.131. The molecule has 1 aliphatic heterocycles. The Balaban J connectivity index is 1.93. The fourth-order valence-corrected chi connectivity index (χ4v) is 2.52. The van der Waals surface area contributed by atoms with E-state index in [1.165, 1.54) is 13.2 Å². The molecule has 20 heavy (non-hydrogen) atoms. The molecule has 1 heterocycles. The molecule has 0 radical (unpaired) electrons. The van der Waals surface area contributed by atoms with Crippen LogP contribution in [0.3, 0.4) is 0 Å². The fraction of sp³-hybridized carbons (Fsp3) is 0.533. The van der Waals surface area contributed by atoms with Crippen molar-refractivity contribution in [2.75, 3.05) is 27.2 Å². The van der Waals surface area contributed by atoms with Gasteiger partial charge in [0.2, 0.25) is 5.91 Å². The second-order valence-electron chi connectivity index (χ2n) is 5.09. The van der Waals surface area contributed by atoms with E-state index < -0.39 is 5.82 Å². The lowest BCUT2D eigenvalue weighted by Gasteiger charge is -2.31. The van der Waals surface area contributed by atoms with Crippen LogP contribution < -0.4 is 10.1 Å². The Morgan fingerprint density at radius 1 is 1.45 bits per heavy atom. The van der Waals surface area contributed by atoms with Gasteiger partial charge in [-0.25, -0.2) is 4.39 Å². The highest BCUT2D eigenvalue weighted by atomic mass is 19.1. The van der Waals surface area contributed by atoms with Crippen molar-refractivity contribution in [3.63, 3.8) is 0 Å². The van der Waals surface area contributed by atoms with Crippen LogP contribution in [0.2, 0.25) is 0 Å². The number of ether oxygens (including phenoxy) is 1. The quantitative estimate of drug-likeness (QED) is 0.910. The fourth-order valence-electron chi connectivity index (χ4n) is 2.52. The molecular formula is C15H21FN2O2. The molecule has 1 saturated heterocycles. The van der Waals surface area contributed by atoms with Gasteiger partial charge in [0, 0.05) is 19.1 Å².